The average Bonchev–Trinajstić information content (AvgIpc) is 3.13. The number of rotatable bonds is 6. The highest BCUT2D eigenvalue weighted by Gasteiger charge is 2.16. The van der Waals surface area contributed by atoms with E-state index in [0.29, 0.717) is 11.0 Å². The van der Waals surface area contributed by atoms with Crippen molar-refractivity contribution >= 4 is 26.7 Å². The lowest BCUT2D eigenvalue weighted by Gasteiger charge is -2.21. The van der Waals surface area contributed by atoms with Crippen molar-refractivity contribution in [2.24, 2.45) is 5.14 Å². The lowest BCUT2D eigenvalue weighted by atomic mass is 9.98. The van der Waals surface area contributed by atoms with Gasteiger partial charge in [0, 0.05) is 17.1 Å². The highest BCUT2D eigenvalue weighted by molar-refractivity contribution is 7.89. The normalized spacial score (nSPS) is 12.8. The zero-order chi connectivity index (χ0) is 19.6. The number of fused-ring (bicyclic) bond motifs is 1. The summed E-state index contributed by atoms with van der Waals surface area (Å²) in [5.41, 5.74) is 3.75. The van der Waals surface area contributed by atoms with E-state index < -0.39 is 10.0 Å². The lowest BCUT2D eigenvalue weighted by molar-refractivity contribution is 0.482. The minimum absolute atomic E-state index is 0.0608. The molecule has 0 radical (unpaired) electrons. The van der Waals surface area contributed by atoms with E-state index in [1.807, 2.05) is 48.5 Å². The summed E-state index contributed by atoms with van der Waals surface area (Å²) >= 11 is 0. The molecule has 3 aromatic carbocycles. The maximum atomic E-state index is 11.5. The molecule has 5 nitrogen and oxygen atoms in total. The van der Waals surface area contributed by atoms with Gasteiger partial charge in [-0.25, -0.2) is 13.6 Å². The molecule has 0 spiro atoms. The Kier molecular flexibility index (Phi) is 4.90. The Morgan fingerprint density at radius 2 is 1.57 bits per heavy atom. The summed E-state index contributed by atoms with van der Waals surface area (Å²) in [7, 11) is -3.87. The Hall–Kier alpha value is -3.09. The van der Waals surface area contributed by atoms with Gasteiger partial charge in [-0.2, -0.15) is 0 Å². The first-order chi connectivity index (χ1) is 13.5. The SMILES string of the molecule is NS(=O)(=O)c1cc2cc(NC(Cc3ccccc3)c3ccccc3)ccc2o1. The van der Waals surface area contributed by atoms with Gasteiger partial charge in [0.15, 0.2) is 0 Å². The molecule has 0 aliphatic rings. The van der Waals surface area contributed by atoms with Crippen molar-refractivity contribution in [3.05, 3.63) is 96.1 Å². The van der Waals surface area contributed by atoms with E-state index in [9.17, 15) is 8.42 Å². The molecule has 1 unspecified atom stereocenters. The minimum atomic E-state index is -3.87. The third kappa shape index (κ3) is 4.08. The van der Waals surface area contributed by atoms with Crippen LogP contribution in [0.2, 0.25) is 0 Å². The van der Waals surface area contributed by atoms with E-state index in [1.165, 1.54) is 17.2 Å². The second-order valence-corrected chi connectivity index (χ2v) is 8.15. The maximum absolute atomic E-state index is 11.5. The molecular weight excluding hydrogens is 372 g/mol. The number of nitrogens with one attached hydrogen (secondary N) is 1. The number of nitrogens with two attached hydrogens (primary N) is 1. The summed E-state index contributed by atoms with van der Waals surface area (Å²) in [5, 5.41) is 9.17. The lowest BCUT2D eigenvalue weighted by Crippen LogP contribution is -2.13. The molecule has 3 N–H and O–H groups in total. The molecular formula is C22H20N2O3S. The molecule has 142 valence electrons. The summed E-state index contributed by atoms with van der Waals surface area (Å²) in [6, 6.07) is 27.5. The zero-order valence-electron chi connectivity index (χ0n) is 15.1. The Balaban J connectivity index is 1.66. The Labute approximate surface area is 163 Å². The number of furan rings is 1. The van der Waals surface area contributed by atoms with Crippen molar-refractivity contribution in [3.8, 4) is 0 Å². The van der Waals surface area contributed by atoms with Crippen LogP contribution in [-0.4, -0.2) is 8.42 Å². The first-order valence-corrected chi connectivity index (χ1v) is 10.5. The maximum Gasteiger partial charge on any atom is 0.271 e. The van der Waals surface area contributed by atoms with Gasteiger partial charge in [0.05, 0.1) is 6.04 Å². The van der Waals surface area contributed by atoms with Gasteiger partial charge in [-0.1, -0.05) is 60.7 Å². The van der Waals surface area contributed by atoms with E-state index in [1.54, 1.807) is 6.07 Å². The molecule has 0 aliphatic carbocycles. The van der Waals surface area contributed by atoms with Crippen LogP contribution >= 0.6 is 0 Å². The predicted molar refractivity (Wildman–Crippen MR) is 111 cm³/mol. The fourth-order valence-electron chi connectivity index (χ4n) is 3.24. The first kappa shape index (κ1) is 18.3. The van der Waals surface area contributed by atoms with Crippen LogP contribution in [-0.2, 0) is 16.4 Å². The van der Waals surface area contributed by atoms with Crippen LogP contribution < -0.4 is 10.5 Å². The second kappa shape index (κ2) is 7.50. The van der Waals surface area contributed by atoms with Gasteiger partial charge in [0.2, 0.25) is 5.09 Å². The van der Waals surface area contributed by atoms with Crippen LogP contribution in [0.1, 0.15) is 17.2 Å². The summed E-state index contributed by atoms with van der Waals surface area (Å²) in [4.78, 5) is 0. The Morgan fingerprint density at radius 1 is 0.893 bits per heavy atom. The third-order valence-corrected chi connectivity index (χ3v) is 5.36. The summed E-state index contributed by atoms with van der Waals surface area (Å²) in [6.45, 7) is 0. The molecule has 6 heteroatoms. The van der Waals surface area contributed by atoms with E-state index in [-0.39, 0.29) is 11.1 Å². The van der Waals surface area contributed by atoms with Crippen molar-refractivity contribution < 1.29 is 12.8 Å². The fraction of sp³-hybridized carbons (Fsp3) is 0.0909. The Bertz CT molecular complexity index is 1190. The van der Waals surface area contributed by atoms with Crippen molar-refractivity contribution in [2.45, 2.75) is 17.6 Å². The van der Waals surface area contributed by atoms with Crippen LogP contribution in [0.3, 0.4) is 0 Å². The molecule has 1 heterocycles. The van der Waals surface area contributed by atoms with Crippen LogP contribution in [0, 0.1) is 0 Å². The second-order valence-electron chi connectivity index (χ2n) is 6.66. The standard InChI is InChI=1S/C22H20N2O3S/c23-28(25,26)22-15-18-14-19(11-12-21(18)27-22)24-20(17-9-5-2-6-10-17)13-16-7-3-1-4-8-16/h1-12,14-15,20,24H,13H2,(H2,23,25,26). The van der Waals surface area contributed by atoms with Gasteiger partial charge >= 0.3 is 0 Å². The number of hydrogen-bond acceptors (Lipinski definition) is 4. The van der Waals surface area contributed by atoms with Crippen LogP contribution in [0.4, 0.5) is 5.69 Å². The van der Waals surface area contributed by atoms with E-state index >= 15 is 0 Å². The number of anilines is 1. The molecule has 0 fully saturated rings. The molecule has 4 aromatic rings. The predicted octanol–water partition coefficient (Wildman–Crippen LogP) is 4.48. The number of hydrogen-bond donors (Lipinski definition) is 2. The molecule has 0 aliphatic heterocycles. The van der Waals surface area contributed by atoms with Gasteiger partial charge in [0.1, 0.15) is 5.58 Å². The van der Waals surface area contributed by atoms with Crippen LogP contribution in [0.5, 0.6) is 0 Å². The van der Waals surface area contributed by atoms with Crippen LogP contribution in [0.25, 0.3) is 11.0 Å². The first-order valence-electron chi connectivity index (χ1n) is 8.91. The van der Waals surface area contributed by atoms with Crippen molar-refractivity contribution in [1.82, 2.24) is 0 Å². The van der Waals surface area contributed by atoms with Gasteiger partial charge < -0.3 is 9.73 Å². The van der Waals surface area contributed by atoms with Crippen LogP contribution in [0.15, 0.2) is 94.4 Å². The van der Waals surface area contributed by atoms with Gasteiger partial charge in [-0.3, -0.25) is 0 Å². The average molecular weight is 392 g/mol. The number of sulfonamides is 1. The highest BCUT2D eigenvalue weighted by atomic mass is 32.2. The number of primary sulfonamides is 1. The van der Waals surface area contributed by atoms with Gasteiger partial charge in [-0.05, 0) is 35.7 Å². The molecule has 0 saturated carbocycles. The van der Waals surface area contributed by atoms with Crippen molar-refractivity contribution in [1.29, 1.82) is 0 Å². The van der Waals surface area contributed by atoms with Gasteiger partial charge in [-0.15, -0.1) is 0 Å². The molecule has 1 atom stereocenters. The zero-order valence-corrected chi connectivity index (χ0v) is 15.9. The third-order valence-electron chi connectivity index (χ3n) is 4.60. The van der Waals surface area contributed by atoms with E-state index in [2.05, 4.69) is 29.6 Å². The molecule has 4 rings (SSSR count). The van der Waals surface area contributed by atoms with Gasteiger partial charge in [0.25, 0.3) is 10.0 Å². The van der Waals surface area contributed by atoms with E-state index in [4.69, 9.17) is 9.56 Å². The minimum Gasteiger partial charge on any atom is -0.443 e. The summed E-state index contributed by atoms with van der Waals surface area (Å²) in [5.74, 6) is 0. The van der Waals surface area contributed by atoms with E-state index in [0.717, 1.165) is 12.1 Å². The largest absolute Gasteiger partial charge is 0.443 e. The quantitative estimate of drug-likeness (QED) is 0.507. The highest BCUT2D eigenvalue weighted by Crippen LogP contribution is 2.28. The topological polar surface area (TPSA) is 85.3 Å². The summed E-state index contributed by atoms with van der Waals surface area (Å²) in [6.07, 6.45) is 0.816. The Morgan fingerprint density at radius 3 is 2.25 bits per heavy atom. The summed E-state index contributed by atoms with van der Waals surface area (Å²) < 4.78 is 28.4. The van der Waals surface area contributed by atoms with Crippen molar-refractivity contribution in [2.75, 3.05) is 5.32 Å². The molecule has 0 amide bonds. The molecule has 1 aromatic heterocycles. The molecule has 0 saturated heterocycles. The monoisotopic (exact) mass is 392 g/mol. The van der Waals surface area contributed by atoms with Crippen molar-refractivity contribution in [3.63, 3.8) is 0 Å². The molecule has 0 bridgehead atoms. The number of benzene rings is 3. The molecule has 28 heavy (non-hydrogen) atoms. The smallest absolute Gasteiger partial charge is 0.271 e. The fourth-order valence-corrected chi connectivity index (χ4v) is 3.73.